The lowest BCUT2D eigenvalue weighted by molar-refractivity contribution is 0.699. The zero-order valence-electron chi connectivity index (χ0n) is 10.6. The van der Waals surface area contributed by atoms with Gasteiger partial charge in [-0.05, 0) is 31.5 Å². The first-order valence-corrected chi connectivity index (χ1v) is 6.19. The maximum Gasteiger partial charge on any atom is 0.191 e. The Morgan fingerprint density at radius 2 is 2.00 bits per heavy atom. The molecule has 0 saturated heterocycles. The number of hydrogen-bond acceptors (Lipinski definition) is 1. The Kier molecular flexibility index (Phi) is 8.73. The summed E-state index contributed by atoms with van der Waals surface area (Å²) in [6.07, 6.45) is 0. The summed E-state index contributed by atoms with van der Waals surface area (Å²) < 4.78 is 0. The maximum absolute atomic E-state index is 6.08. The van der Waals surface area contributed by atoms with Crippen LogP contribution >= 0.6 is 47.2 Å². The van der Waals surface area contributed by atoms with E-state index in [4.69, 9.17) is 23.2 Å². The molecule has 6 heteroatoms. The van der Waals surface area contributed by atoms with E-state index in [-0.39, 0.29) is 24.0 Å². The van der Waals surface area contributed by atoms with Gasteiger partial charge in [0.25, 0.3) is 0 Å². The van der Waals surface area contributed by atoms with Gasteiger partial charge in [-0.25, -0.2) is 0 Å². The van der Waals surface area contributed by atoms with Crippen LogP contribution in [0.4, 0.5) is 0 Å². The summed E-state index contributed by atoms with van der Waals surface area (Å²) in [6.45, 7) is 4.73. The zero-order valence-corrected chi connectivity index (χ0v) is 14.5. The first-order chi connectivity index (χ1) is 8.02. The quantitative estimate of drug-likeness (QED) is 0.460. The maximum atomic E-state index is 6.08. The molecule has 18 heavy (non-hydrogen) atoms. The Morgan fingerprint density at radius 1 is 1.33 bits per heavy atom. The van der Waals surface area contributed by atoms with Crippen molar-refractivity contribution in [1.82, 2.24) is 10.6 Å². The SMILES string of the molecule is CN=C(NCc1ccc(Cl)cc1Cl)NC(C)C.I. The number of benzene rings is 1. The lowest BCUT2D eigenvalue weighted by Gasteiger charge is -2.14. The predicted octanol–water partition coefficient (Wildman–Crippen LogP) is 3.68. The van der Waals surface area contributed by atoms with Crippen molar-refractivity contribution in [2.75, 3.05) is 7.05 Å². The molecule has 0 spiro atoms. The number of aliphatic imine (C=N–C) groups is 1. The van der Waals surface area contributed by atoms with Gasteiger partial charge in [0.1, 0.15) is 0 Å². The molecule has 1 aromatic rings. The molecule has 1 aromatic carbocycles. The molecule has 3 nitrogen and oxygen atoms in total. The lowest BCUT2D eigenvalue weighted by Crippen LogP contribution is -2.40. The molecule has 0 aliphatic heterocycles. The van der Waals surface area contributed by atoms with E-state index in [2.05, 4.69) is 29.5 Å². The normalized spacial score (nSPS) is 11.1. The van der Waals surface area contributed by atoms with Gasteiger partial charge < -0.3 is 10.6 Å². The minimum Gasteiger partial charge on any atom is -0.354 e. The second-order valence-corrected chi connectivity index (χ2v) is 4.80. The van der Waals surface area contributed by atoms with E-state index in [1.807, 2.05) is 12.1 Å². The van der Waals surface area contributed by atoms with Gasteiger partial charge in [-0.2, -0.15) is 0 Å². The van der Waals surface area contributed by atoms with Gasteiger partial charge in [0.2, 0.25) is 0 Å². The zero-order chi connectivity index (χ0) is 12.8. The molecule has 2 N–H and O–H groups in total. The first-order valence-electron chi connectivity index (χ1n) is 5.44. The summed E-state index contributed by atoms with van der Waals surface area (Å²) in [5.74, 6) is 0.756. The van der Waals surface area contributed by atoms with E-state index in [1.165, 1.54) is 0 Å². The molecule has 0 bridgehead atoms. The van der Waals surface area contributed by atoms with E-state index in [0.29, 0.717) is 22.6 Å². The number of hydrogen-bond donors (Lipinski definition) is 2. The van der Waals surface area contributed by atoms with Gasteiger partial charge in [-0.1, -0.05) is 29.3 Å². The van der Waals surface area contributed by atoms with Crippen LogP contribution < -0.4 is 10.6 Å². The number of guanidine groups is 1. The van der Waals surface area contributed by atoms with Crippen molar-refractivity contribution in [2.24, 2.45) is 4.99 Å². The van der Waals surface area contributed by atoms with Crippen molar-refractivity contribution in [3.8, 4) is 0 Å². The van der Waals surface area contributed by atoms with Gasteiger partial charge in [0.05, 0.1) is 0 Å². The van der Waals surface area contributed by atoms with Crippen molar-refractivity contribution < 1.29 is 0 Å². The molecule has 0 aromatic heterocycles. The fraction of sp³-hybridized carbons (Fsp3) is 0.417. The van der Waals surface area contributed by atoms with Crippen LogP contribution in [0, 0.1) is 0 Å². The smallest absolute Gasteiger partial charge is 0.191 e. The van der Waals surface area contributed by atoms with Crippen LogP contribution in [0.25, 0.3) is 0 Å². The largest absolute Gasteiger partial charge is 0.354 e. The van der Waals surface area contributed by atoms with Crippen molar-refractivity contribution >= 4 is 53.1 Å². The first kappa shape index (κ1) is 17.8. The highest BCUT2D eigenvalue weighted by Crippen LogP contribution is 2.20. The molecular weight excluding hydrogens is 384 g/mol. The molecule has 102 valence electrons. The monoisotopic (exact) mass is 401 g/mol. The minimum absolute atomic E-state index is 0. The standard InChI is InChI=1S/C12H17Cl2N3.HI/c1-8(2)17-12(15-3)16-7-9-4-5-10(13)6-11(9)14;/h4-6,8H,7H2,1-3H3,(H2,15,16,17);1H. The fourth-order valence-electron chi connectivity index (χ4n) is 1.31. The highest BCUT2D eigenvalue weighted by atomic mass is 127. The number of halogens is 3. The molecule has 0 aliphatic carbocycles. The minimum atomic E-state index is 0. The van der Waals surface area contributed by atoms with Crippen LogP contribution in [0.2, 0.25) is 10.0 Å². The second kappa shape index (κ2) is 8.82. The average molecular weight is 402 g/mol. The molecule has 0 heterocycles. The highest BCUT2D eigenvalue weighted by Gasteiger charge is 2.03. The van der Waals surface area contributed by atoms with Crippen molar-refractivity contribution in [1.29, 1.82) is 0 Å². The Labute approximate surface area is 135 Å². The molecule has 0 saturated carbocycles. The van der Waals surface area contributed by atoms with Crippen LogP contribution in [-0.4, -0.2) is 19.0 Å². The van der Waals surface area contributed by atoms with Gasteiger partial charge in [-0.15, -0.1) is 24.0 Å². The van der Waals surface area contributed by atoms with E-state index in [9.17, 15) is 0 Å². The Morgan fingerprint density at radius 3 is 2.50 bits per heavy atom. The van der Waals surface area contributed by atoms with E-state index in [1.54, 1.807) is 13.1 Å². The molecule has 0 fully saturated rings. The summed E-state index contributed by atoms with van der Waals surface area (Å²) >= 11 is 11.9. The summed E-state index contributed by atoms with van der Waals surface area (Å²) in [6, 6.07) is 5.80. The topological polar surface area (TPSA) is 36.4 Å². The predicted molar refractivity (Wildman–Crippen MR) is 90.3 cm³/mol. The van der Waals surface area contributed by atoms with Gasteiger partial charge in [0, 0.05) is 29.7 Å². The fourth-order valence-corrected chi connectivity index (χ4v) is 1.79. The average Bonchev–Trinajstić information content (AvgIpc) is 2.25. The molecule has 0 atom stereocenters. The summed E-state index contributed by atoms with van der Waals surface area (Å²) in [4.78, 5) is 4.12. The molecule has 0 unspecified atom stereocenters. The van der Waals surface area contributed by atoms with Crippen LogP contribution in [-0.2, 0) is 6.54 Å². The van der Waals surface area contributed by atoms with Crippen molar-refractivity contribution in [3.05, 3.63) is 33.8 Å². The Balaban J connectivity index is 0.00000289. The highest BCUT2D eigenvalue weighted by molar-refractivity contribution is 14.0. The summed E-state index contributed by atoms with van der Waals surface area (Å²) in [7, 11) is 1.74. The third kappa shape index (κ3) is 6.11. The van der Waals surface area contributed by atoms with E-state index < -0.39 is 0 Å². The van der Waals surface area contributed by atoms with Crippen LogP contribution in [0.5, 0.6) is 0 Å². The van der Waals surface area contributed by atoms with Crippen LogP contribution in [0.1, 0.15) is 19.4 Å². The third-order valence-corrected chi connectivity index (χ3v) is 2.70. The van der Waals surface area contributed by atoms with Gasteiger partial charge >= 0.3 is 0 Å². The molecular formula is C12H18Cl2IN3. The molecule has 1 rings (SSSR count). The Bertz CT molecular complexity index is 408. The van der Waals surface area contributed by atoms with Crippen molar-refractivity contribution in [2.45, 2.75) is 26.4 Å². The number of nitrogens with one attached hydrogen (secondary N) is 2. The molecule has 0 radical (unpaired) electrons. The van der Waals surface area contributed by atoms with Gasteiger partial charge in [0.15, 0.2) is 5.96 Å². The lowest BCUT2D eigenvalue weighted by atomic mass is 10.2. The second-order valence-electron chi connectivity index (χ2n) is 3.96. The third-order valence-electron chi connectivity index (χ3n) is 2.11. The van der Waals surface area contributed by atoms with E-state index >= 15 is 0 Å². The summed E-state index contributed by atoms with van der Waals surface area (Å²) in [5, 5.41) is 7.69. The van der Waals surface area contributed by atoms with Gasteiger partial charge in [-0.3, -0.25) is 4.99 Å². The molecule has 0 amide bonds. The van der Waals surface area contributed by atoms with E-state index in [0.717, 1.165) is 11.5 Å². The van der Waals surface area contributed by atoms with Crippen molar-refractivity contribution in [3.63, 3.8) is 0 Å². The van der Waals surface area contributed by atoms with Crippen LogP contribution in [0.3, 0.4) is 0 Å². The van der Waals surface area contributed by atoms with Crippen LogP contribution in [0.15, 0.2) is 23.2 Å². The summed E-state index contributed by atoms with van der Waals surface area (Å²) in [5.41, 5.74) is 0.989. The number of nitrogens with zero attached hydrogens (tertiary/aromatic N) is 1. The Hall–Kier alpha value is -0.200. The number of rotatable bonds is 3. The molecule has 0 aliphatic rings.